The van der Waals surface area contributed by atoms with E-state index < -0.39 is 6.04 Å². The van der Waals surface area contributed by atoms with Crippen LogP contribution in [0.3, 0.4) is 0 Å². The average molecular weight is 412 g/mol. The lowest BCUT2D eigenvalue weighted by molar-refractivity contribution is -0.139. The zero-order valence-electron chi connectivity index (χ0n) is 16.8. The standard InChI is InChI=1S/C21H24N4O5/c1-28-19-5-4-15(12-23-19)20(26)25-14-17(30-16-3-2-6-22-13-16)11-18(25)21(27)24-7-9-29-10-8-24/h2-6,12-13,17-18H,7-11,14H2,1H3/t17-,18-/m0/s1. The smallest absolute Gasteiger partial charge is 0.256 e. The van der Waals surface area contributed by atoms with Gasteiger partial charge >= 0.3 is 0 Å². The molecule has 0 aliphatic carbocycles. The molecule has 9 heteroatoms. The number of amides is 2. The van der Waals surface area contributed by atoms with Crippen LogP contribution in [0.2, 0.25) is 0 Å². The van der Waals surface area contributed by atoms with Gasteiger partial charge in [-0.1, -0.05) is 0 Å². The highest BCUT2D eigenvalue weighted by Crippen LogP contribution is 2.26. The van der Waals surface area contributed by atoms with Crippen LogP contribution in [0.25, 0.3) is 0 Å². The van der Waals surface area contributed by atoms with Gasteiger partial charge in [-0.3, -0.25) is 14.6 Å². The molecule has 0 spiro atoms. The van der Waals surface area contributed by atoms with Crippen LogP contribution >= 0.6 is 0 Å². The first kappa shape index (κ1) is 20.1. The van der Waals surface area contributed by atoms with Gasteiger partial charge in [0.05, 0.1) is 38.6 Å². The van der Waals surface area contributed by atoms with E-state index in [1.807, 2.05) is 6.07 Å². The summed E-state index contributed by atoms with van der Waals surface area (Å²) in [6, 6.07) is 6.28. The van der Waals surface area contributed by atoms with Crippen LogP contribution in [0, 0.1) is 0 Å². The molecule has 2 fully saturated rings. The number of pyridine rings is 2. The van der Waals surface area contributed by atoms with Gasteiger partial charge in [0.25, 0.3) is 5.91 Å². The van der Waals surface area contributed by atoms with E-state index >= 15 is 0 Å². The molecule has 2 amide bonds. The second-order valence-corrected chi connectivity index (χ2v) is 7.16. The summed E-state index contributed by atoms with van der Waals surface area (Å²) >= 11 is 0. The number of nitrogens with zero attached hydrogens (tertiary/aromatic N) is 4. The SMILES string of the molecule is COc1ccc(C(=O)N2C[C@@H](Oc3cccnc3)C[C@H]2C(=O)N2CCOCC2)cn1. The molecule has 2 aromatic rings. The Morgan fingerprint density at radius 3 is 2.67 bits per heavy atom. The highest BCUT2D eigenvalue weighted by Gasteiger charge is 2.43. The molecule has 0 bridgehead atoms. The Hall–Kier alpha value is -3.20. The van der Waals surface area contributed by atoms with Crippen LogP contribution in [-0.4, -0.2) is 83.7 Å². The maximum atomic E-state index is 13.2. The van der Waals surface area contributed by atoms with Crippen molar-refractivity contribution in [2.24, 2.45) is 0 Å². The fourth-order valence-corrected chi connectivity index (χ4v) is 3.74. The zero-order chi connectivity index (χ0) is 20.9. The first-order valence-corrected chi connectivity index (χ1v) is 9.90. The Labute approximate surface area is 174 Å². The summed E-state index contributed by atoms with van der Waals surface area (Å²) in [7, 11) is 1.52. The van der Waals surface area contributed by atoms with Gasteiger partial charge in [0, 0.05) is 38.0 Å². The predicted octanol–water partition coefficient (Wildman–Crippen LogP) is 1.01. The quantitative estimate of drug-likeness (QED) is 0.723. The monoisotopic (exact) mass is 412 g/mol. The van der Waals surface area contributed by atoms with E-state index in [4.69, 9.17) is 14.2 Å². The van der Waals surface area contributed by atoms with Crippen molar-refractivity contribution >= 4 is 11.8 Å². The van der Waals surface area contributed by atoms with Crippen molar-refractivity contribution in [1.82, 2.24) is 19.8 Å². The van der Waals surface area contributed by atoms with Crippen molar-refractivity contribution in [1.29, 1.82) is 0 Å². The van der Waals surface area contributed by atoms with Crippen LogP contribution < -0.4 is 9.47 Å². The molecule has 0 radical (unpaired) electrons. The first-order chi connectivity index (χ1) is 14.7. The molecule has 2 saturated heterocycles. The number of morpholine rings is 1. The van der Waals surface area contributed by atoms with Crippen molar-refractivity contribution in [3.8, 4) is 11.6 Å². The molecule has 158 valence electrons. The van der Waals surface area contributed by atoms with Gasteiger partial charge in [0.2, 0.25) is 11.8 Å². The topological polar surface area (TPSA) is 94.1 Å². The summed E-state index contributed by atoms with van der Waals surface area (Å²) < 4.78 is 16.4. The minimum atomic E-state index is -0.598. The van der Waals surface area contributed by atoms with E-state index in [1.165, 1.54) is 13.3 Å². The van der Waals surface area contributed by atoms with E-state index in [9.17, 15) is 9.59 Å². The highest BCUT2D eigenvalue weighted by atomic mass is 16.5. The van der Waals surface area contributed by atoms with Crippen LogP contribution in [0.15, 0.2) is 42.9 Å². The lowest BCUT2D eigenvalue weighted by atomic mass is 10.1. The lowest BCUT2D eigenvalue weighted by Crippen LogP contribution is -2.51. The van der Waals surface area contributed by atoms with Crippen molar-refractivity contribution in [2.75, 3.05) is 40.0 Å². The van der Waals surface area contributed by atoms with Crippen molar-refractivity contribution in [2.45, 2.75) is 18.6 Å². The van der Waals surface area contributed by atoms with E-state index in [2.05, 4.69) is 9.97 Å². The number of carbonyl (C=O) groups excluding carboxylic acids is 2. The van der Waals surface area contributed by atoms with Gasteiger partial charge in [0.15, 0.2) is 0 Å². The van der Waals surface area contributed by atoms with E-state index in [1.54, 1.807) is 40.4 Å². The molecule has 0 unspecified atom stereocenters. The molecule has 4 rings (SSSR count). The number of hydrogen-bond donors (Lipinski definition) is 0. The van der Waals surface area contributed by atoms with E-state index in [0.29, 0.717) is 56.5 Å². The Bertz CT molecular complexity index is 871. The lowest BCUT2D eigenvalue weighted by Gasteiger charge is -2.32. The van der Waals surface area contributed by atoms with Gasteiger partial charge in [-0.2, -0.15) is 0 Å². The molecule has 2 aliphatic heterocycles. The fraction of sp³-hybridized carbons (Fsp3) is 0.429. The van der Waals surface area contributed by atoms with E-state index in [-0.39, 0.29) is 17.9 Å². The molecule has 30 heavy (non-hydrogen) atoms. The molecular formula is C21H24N4O5. The molecule has 2 aliphatic rings. The highest BCUT2D eigenvalue weighted by molar-refractivity contribution is 5.98. The van der Waals surface area contributed by atoms with Gasteiger partial charge in [-0.15, -0.1) is 0 Å². The third kappa shape index (κ3) is 4.35. The number of aromatic nitrogens is 2. The molecule has 9 nitrogen and oxygen atoms in total. The molecule has 0 saturated carbocycles. The Morgan fingerprint density at radius 1 is 1.17 bits per heavy atom. The third-order valence-corrected chi connectivity index (χ3v) is 5.26. The van der Waals surface area contributed by atoms with Gasteiger partial charge in [-0.05, 0) is 18.2 Å². The minimum absolute atomic E-state index is 0.0783. The van der Waals surface area contributed by atoms with Gasteiger partial charge < -0.3 is 24.0 Å². The molecule has 2 atom stereocenters. The van der Waals surface area contributed by atoms with E-state index in [0.717, 1.165) is 0 Å². The summed E-state index contributed by atoms with van der Waals surface area (Å²) in [6.07, 6.45) is 4.86. The Morgan fingerprint density at radius 2 is 2.00 bits per heavy atom. The molecule has 0 N–H and O–H groups in total. The van der Waals surface area contributed by atoms with Crippen molar-refractivity contribution < 1.29 is 23.8 Å². The normalized spacial score (nSPS) is 21.4. The van der Waals surface area contributed by atoms with Crippen LogP contribution in [-0.2, 0) is 9.53 Å². The van der Waals surface area contributed by atoms with Crippen molar-refractivity contribution in [3.63, 3.8) is 0 Å². The maximum absolute atomic E-state index is 13.2. The number of methoxy groups -OCH3 is 1. The maximum Gasteiger partial charge on any atom is 0.256 e. The molecule has 0 aromatic carbocycles. The van der Waals surface area contributed by atoms with Gasteiger partial charge in [0.1, 0.15) is 17.9 Å². The third-order valence-electron chi connectivity index (χ3n) is 5.26. The second kappa shape index (κ2) is 9.08. The molecule has 4 heterocycles. The Balaban J connectivity index is 1.54. The average Bonchev–Trinajstić information content (AvgIpc) is 3.23. The Kier molecular flexibility index (Phi) is 6.08. The number of hydrogen-bond acceptors (Lipinski definition) is 7. The second-order valence-electron chi connectivity index (χ2n) is 7.16. The van der Waals surface area contributed by atoms with Crippen LogP contribution in [0.4, 0.5) is 0 Å². The summed E-state index contributed by atoms with van der Waals surface area (Å²) in [5.74, 6) is 0.701. The number of likely N-dealkylation sites (tertiary alicyclic amines) is 1. The number of carbonyl (C=O) groups is 2. The predicted molar refractivity (Wildman–Crippen MR) is 106 cm³/mol. The minimum Gasteiger partial charge on any atom is -0.487 e. The van der Waals surface area contributed by atoms with Gasteiger partial charge in [-0.25, -0.2) is 4.98 Å². The summed E-state index contributed by atoms with van der Waals surface area (Å²) in [6.45, 7) is 2.36. The van der Waals surface area contributed by atoms with Crippen LogP contribution in [0.5, 0.6) is 11.6 Å². The molecular weight excluding hydrogens is 388 g/mol. The summed E-state index contributed by atoms with van der Waals surface area (Å²) in [4.78, 5) is 38.0. The number of ether oxygens (including phenoxy) is 3. The summed E-state index contributed by atoms with van der Waals surface area (Å²) in [5, 5.41) is 0. The molecule has 2 aromatic heterocycles. The van der Waals surface area contributed by atoms with Crippen LogP contribution in [0.1, 0.15) is 16.8 Å². The first-order valence-electron chi connectivity index (χ1n) is 9.90. The largest absolute Gasteiger partial charge is 0.487 e. The summed E-state index contributed by atoms with van der Waals surface area (Å²) in [5.41, 5.74) is 0.401. The number of rotatable bonds is 5. The van der Waals surface area contributed by atoms with Crippen molar-refractivity contribution in [3.05, 3.63) is 48.4 Å². The zero-order valence-corrected chi connectivity index (χ0v) is 16.8. The fourth-order valence-electron chi connectivity index (χ4n) is 3.74.